The highest BCUT2D eigenvalue weighted by molar-refractivity contribution is 9.10. The summed E-state index contributed by atoms with van der Waals surface area (Å²) in [4.78, 5) is 23.4. The van der Waals surface area contributed by atoms with Crippen LogP contribution in [0, 0.1) is 0 Å². The number of anilines is 1. The third-order valence-electron chi connectivity index (χ3n) is 4.49. The third kappa shape index (κ3) is 5.48. The molecule has 28 heavy (non-hydrogen) atoms. The van der Waals surface area contributed by atoms with Gasteiger partial charge in [-0.05, 0) is 70.2 Å². The summed E-state index contributed by atoms with van der Waals surface area (Å²) in [6.45, 7) is 0.936. The van der Waals surface area contributed by atoms with Gasteiger partial charge in [0.1, 0.15) is 11.5 Å². The van der Waals surface area contributed by atoms with Crippen molar-refractivity contribution in [1.29, 1.82) is 0 Å². The van der Waals surface area contributed by atoms with Crippen molar-refractivity contribution in [3.63, 3.8) is 0 Å². The lowest BCUT2D eigenvalue weighted by atomic mass is 10.0. The van der Waals surface area contributed by atoms with Gasteiger partial charge < -0.3 is 20.1 Å². The molecule has 2 amide bonds. The molecule has 2 aromatic rings. The molecule has 0 aromatic heterocycles. The van der Waals surface area contributed by atoms with E-state index in [1.54, 1.807) is 7.11 Å². The van der Waals surface area contributed by atoms with Gasteiger partial charge in [-0.2, -0.15) is 0 Å². The molecule has 6 nitrogen and oxygen atoms in total. The third-order valence-corrected chi connectivity index (χ3v) is 5.11. The Labute approximate surface area is 172 Å². The number of hydrogen-bond acceptors (Lipinski definition) is 4. The van der Waals surface area contributed by atoms with Crippen LogP contribution < -0.4 is 20.1 Å². The number of carbonyl (C=O) groups is 2. The molecule has 0 aliphatic carbocycles. The first-order valence-electron chi connectivity index (χ1n) is 9.20. The summed E-state index contributed by atoms with van der Waals surface area (Å²) in [5.41, 5.74) is 2.94. The van der Waals surface area contributed by atoms with E-state index in [0.717, 1.165) is 39.2 Å². The van der Waals surface area contributed by atoms with Crippen LogP contribution in [0.3, 0.4) is 0 Å². The zero-order valence-corrected chi connectivity index (χ0v) is 17.3. The zero-order valence-electron chi connectivity index (χ0n) is 15.7. The monoisotopic (exact) mass is 446 g/mol. The summed E-state index contributed by atoms with van der Waals surface area (Å²) in [5.74, 6) is 1.56. The Bertz CT molecular complexity index is 869. The molecule has 1 heterocycles. The van der Waals surface area contributed by atoms with Gasteiger partial charge in [-0.1, -0.05) is 6.07 Å². The van der Waals surface area contributed by atoms with Gasteiger partial charge in [-0.25, -0.2) is 0 Å². The minimum Gasteiger partial charge on any atom is -0.496 e. The van der Waals surface area contributed by atoms with Gasteiger partial charge in [0, 0.05) is 25.1 Å². The molecule has 2 aromatic carbocycles. The number of ether oxygens (including phenoxy) is 2. The average molecular weight is 447 g/mol. The van der Waals surface area contributed by atoms with Crippen molar-refractivity contribution < 1.29 is 19.1 Å². The molecule has 3 rings (SSSR count). The standard InChI is InChI=1S/C21H23BrN2O4/c1-27-19-8-4-14(11-17(19)22)13-23-20(25)3-2-10-28-16-6-7-18-15(12-16)5-9-21(26)24-18/h4,6-8,11-12H,2-3,5,9-10,13H2,1H3,(H,23,25)(H,24,26). The van der Waals surface area contributed by atoms with Crippen LogP contribution >= 0.6 is 15.9 Å². The first kappa shape index (κ1) is 20.2. The van der Waals surface area contributed by atoms with Crippen LogP contribution in [-0.2, 0) is 22.6 Å². The molecule has 7 heteroatoms. The second-order valence-electron chi connectivity index (χ2n) is 6.56. The molecular formula is C21H23BrN2O4. The highest BCUT2D eigenvalue weighted by Gasteiger charge is 2.15. The molecule has 0 bridgehead atoms. The molecular weight excluding hydrogens is 424 g/mol. The fourth-order valence-electron chi connectivity index (χ4n) is 2.98. The molecule has 0 spiro atoms. The summed E-state index contributed by atoms with van der Waals surface area (Å²) in [6, 6.07) is 11.4. The SMILES string of the molecule is COc1ccc(CNC(=O)CCCOc2ccc3c(c2)CCC(=O)N3)cc1Br. The van der Waals surface area contributed by atoms with Crippen LogP contribution in [0.15, 0.2) is 40.9 Å². The van der Waals surface area contributed by atoms with E-state index in [9.17, 15) is 9.59 Å². The molecule has 0 radical (unpaired) electrons. The predicted molar refractivity (Wildman–Crippen MR) is 111 cm³/mol. The highest BCUT2D eigenvalue weighted by atomic mass is 79.9. The molecule has 0 saturated carbocycles. The van der Waals surface area contributed by atoms with Crippen LogP contribution in [0.1, 0.15) is 30.4 Å². The van der Waals surface area contributed by atoms with E-state index in [1.165, 1.54) is 0 Å². The van der Waals surface area contributed by atoms with Gasteiger partial charge in [0.15, 0.2) is 0 Å². The van der Waals surface area contributed by atoms with Gasteiger partial charge >= 0.3 is 0 Å². The number of methoxy groups -OCH3 is 1. The summed E-state index contributed by atoms with van der Waals surface area (Å²) in [6.07, 6.45) is 2.26. The topological polar surface area (TPSA) is 76.7 Å². The first-order valence-corrected chi connectivity index (χ1v) is 9.99. The lowest BCUT2D eigenvalue weighted by Crippen LogP contribution is -2.23. The van der Waals surface area contributed by atoms with Crippen LogP contribution in [0.5, 0.6) is 11.5 Å². The fraction of sp³-hybridized carbons (Fsp3) is 0.333. The maximum atomic E-state index is 12.0. The van der Waals surface area contributed by atoms with Crippen LogP contribution in [0.25, 0.3) is 0 Å². The highest BCUT2D eigenvalue weighted by Crippen LogP contribution is 2.27. The molecule has 148 valence electrons. The Morgan fingerprint density at radius 3 is 2.86 bits per heavy atom. The first-order chi connectivity index (χ1) is 13.5. The minimum absolute atomic E-state index is 0.0105. The van der Waals surface area contributed by atoms with Gasteiger partial charge in [-0.15, -0.1) is 0 Å². The normalized spacial score (nSPS) is 12.7. The van der Waals surface area contributed by atoms with Crippen molar-refractivity contribution in [3.8, 4) is 11.5 Å². The van der Waals surface area contributed by atoms with Gasteiger partial charge in [0.25, 0.3) is 0 Å². The predicted octanol–water partition coefficient (Wildman–Crippen LogP) is 3.82. The van der Waals surface area contributed by atoms with E-state index < -0.39 is 0 Å². The number of rotatable bonds is 8. The summed E-state index contributed by atoms with van der Waals surface area (Å²) in [7, 11) is 1.62. The quantitative estimate of drug-likeness (QED) is 0.604. The molecule has 0 fully saturated rings. The molecule has 1 aliphatic rings. The van der Waals surface area contributed by atoms with Crippen molar-refractivity contribution in [3.05, 3.63) is 52.0 Å². The minimum atomic E-state index is -0.0105. The Kier molecular flexibility index (Phi) is 6.92. The molecule has 0 atom stereocenters. The van der Waals surface area contributed by atoms with Crippen LogP contribution in [0.2, 0.25) is 0 Å². The van der Waals surface area contributed by atoms with Crippen molar-refractivity contribution in [2.75, 3.05) is 19.0 Å². The maximum Gasteiger partial charge on any atom is 0.224 e. The van der Waals surface area contributed by atoms with Crippen LogP contribution in [0.4, 0.5) is 5.69 Å². The van der Waals surface area contributed by atoms with E-state index in [0.29, 0.717) is 32.4 Å². The number of hydrogen-bond donors (Lipinski definition) is 2. The number of benzene rings is 2. The van der Waals surface area contributed by atoms with E-state index in [-0.39, 0.29) is 11.8 Å². The summed E-state index contributed by atoms with van der Waals surface area (Å²) < 4.78 is 11.8. The average Bonchev–Trinajstić information content (AvgIpc) is 2.69. The maximum absolute atomic E-state index is 12.0. The van der Waals surface area contributed by atoms with Gasteiger partial charge in [-0.3, -0.25) is 9.59 Å². The second kappa shape index (κ2) is 9.59. The van der Waals surface area contributed by atoms with E-state index in [2.05, 4.69) is 26.6 Å². The summed E-state index contributed by atoms with van der Waals surface area (Å²) >= 11 is 3.44. The molecule has 2 N–H and O–H groups in total. The Balaban J connectivity index is 1.37. The zero-order chi connectivity index (χ0) is 19.9. The molecule has 1 aliphatic heterocycles. The van der Waals surface area contributed by atoms with E-state index >= 15 is 0 Å². The lowest BCUT2D eigenvalue weighted by molar-refractivity contribution is -0.121. The van der Waals surface area contributed by atoms with Gasteiger partial charge in [0.2, 0.25) is 11.8 Å². The Morgan fingerprint density at radius 2 is 2.07 bits per heavy atom. The number of halogens is 1. The van der Waals surface area contributed by atoms with Crippen molar-refractivity contribution >= 4 is 33.4 Å². The van der Waals surface area contributed by atoms with Crippen molar-refractivity contribution in [2.24, 2.45) is 0 Å². The molecule has 0 unspecified atom stereocenters. The van der Waals surface area contributed by atoms with Crippen LogP contribution in [-0.4, -0.2) is 25.5 Å². The van der Waals surface area contributed by atoms with E-state index in [4.69, 9.17) is 9.47 Å². The smallest absolute Gasteiger partial charge is 0.224 e. The van der Waals surface area contributed by atoms with Crippen molar-refractivity contribution in [2.45, 2.75) is 32.2 Å². The number of amides is 2. The number of nitrogens with one attached hydrogen (secondary N) is 2. The van der Waals surface area contributed by atoms with E-state index in [1.807, 2.05) is 36.4 Å². The number of carbonyl (C=O) groups excluding carboxylic acids is 2. The Morgan fingerprint density at radius 1 is 1.21 bits per heavy atom. The number of fused-ring (bicyclic) bond motifs is 1. The second-order valence-corrected chi connectivity index (χ2v) is 7.42. The summed E-state index contributed by atoms with van der Waals surface area (Å²) in [5, 5.41) is 5.76. The number of aryl methyl sites for hydroxylation is 1. The molecule has 0 saturated heterocycles. The fourth-order valence-corrected chi connectivity index (χ4v) is 3.57. The van der Waals surface area contributed by atoms with Gasteiger partial charge in [0.05, 0.1) is 18.2 Å². The Hall–Kier alpha value is -2.54. The van der Waals surface area contributed by atoms with Crippen molar-refractivity contribution in [1.82, 2.24) is 5.32 Å². The lowest BCUT2D eigenvalue weighted by Gasteiger charge is -2.17. The largest absolute Gasteiger partial charge is 0.496 e.